The topological polar surface area (TPSA) is 0 Å². The predicted octanol–water partition coefficient (Wildman–Crippen LogP) is 6.76. The molecular formula is C16H28S2. The van der Waals surface area contributed by atoms with Crippen molar-refractivity contribution >= 4 is 23.1 Å². The minimum atomic E-state index is 1.30. The number of hydrogen-bond donors (Lipinski definition) is 0. The Balaban J connectivity index is 1.73. The van der Waals surface area contributed by atoms with Gasteiger partial charge in [-0.15, -0.1) is 11.8 Å². The zero-order chi connectivity index (χ0) is 12.9. The highest BCUT2D eigenvalue weighted by Crippen LogP contribution is 2.22. The lowest BCUT2D eigenvalue weighted by atomic mass is 10.1. The Hall–Kier alpha value is 0.0500. The molecule has 0 aliphatic heterocycles. The molecule has 0 atom stereocenters. The van der Waals surface area contributed by atoms with Gasteiger partial charge in [0.2, 0.25) is 0 Å². The van der Waals surface area contributed by atoms with Crippen LogP contribution >= 0.6 is 23.1 Å². The number of hydrogen-bond acceptors (Lipinski definition) is 2. The van der Waals surface area contributed by atoms with E-state index in [1.807, 2.05) is 11.8 Å². The molecule has 0 saturated heterocycles. The third-order valence-electron chi connectivity index (χ3n) is 3.26. The quantitative estimate of drug-likeness (QED) is 0.302. The molecule has 2 heteroatoms. The lowest BCUT2D eigenvalue weighted by Crippen LogP contribution is -1.83. The van der Waals surface area contributed by atoms with Crippen LogP contribution in [-0.4, -0.2) is 5.75 Å². The normalized spacial score (nSPS) is 10.9. The van der Waals surface area contributed by atoms with Crippen LogP contribution in [-0.2, 0) is 0 Å². The molecule has 0 bridgehead atoms. The molecule has 0 radical (unpaired) electrons. The SMILES string of the molecule is CCCCCCCCCCCCSc1ccsc1. The van der Waals surface area contributed by atoms with Crippen molar-refractivity contribution in [3.8, 4) is 0 Å². The summed E-state index contributed by atoms with van der Waals surface area (Å²) in [6, 6.07) is 2.23. The molecule has 0 aliphatic rings. The largest absolute Gasteiger partial charge is 0.151 e. The van der Waals surface area contributed by atoms with Crippen LogP contribution in [0, 0.1) is 0 Å². The van der Waals surface area contributed by atoms with Gasteiger partial charge in [0.15, 0.2) is 0 Å². The Labute approximate surface area is 122 Å². The molecule has 0 fully saturated rings. The molecule has 18 heavy (non-hydrogen) atoms. The van der Waals surface area contributed by atoms with Gasteiger partial charge in [0.25, 0.3) is 0 Å². The highest BCUT2D eigenvalue weighted by atomic mass is 32.2. The molecular weight excluding hydrogens is 256 g/mol. The zero-order valence-electron chi connectivity index (χ0n) is 11.8. The molecule has 0 unspecified atom stereocenters. The van der Waals surface area contributed by atoms with Crippen LogP contribution < -0.4 is 0 Å². The summed E-state index contributed by atoms with van der Waals surface area (Å²) in [7, 11) is 0. The number of thioether (sulfide) groups is 1. The van der Waals surface area contributed by atoms with Crippen LogP contribution in [0.4, 0.5) is 0 Å². The van der Waals surface area contributed by atoms with Crippen LogP contribution in [0.3, 0.4) is 0 Å². The summed E-state index contributed by atoms with van der Waals surface area (Å²) in [5, 5.41) is 4.42. The van der Waals surface area contributed by atoms with E-state index in [2.05, 4.69) is 23.8 Å². The van der Waals surface area contributed by atoms with Crippen molar-refractivity contribution in [2.24, 2.45) is 0 Å². The van der Waals surface area contributed by atoms with Gasteiger partial charge in [0.05, 0.1) is 0 Å². The highest BCUT2D eigenvalue weighted by Gasteiger charge is 1.95. The molecule has 0 aromatic carbocycles. The molecule has 1 aromatic heterocycles. The minimum Gasteiger partial charge on any atom is -0.151 e. The minimum absolute atomic E-state index is 1.30. The molecule has 104 valence electrons. The zero-order valence-corrected chi connectivity index (χ0v) is 13.5. The van der Waals surface area contributed by atoms with Gasteiger partial charge in [-0.3, -0.25) is 0 Å². The lowest BCUT2D eigenvalue weighted by molar-refractivity contribution is 0.563. The summed E-state index contributed by atoms with van der Waals surface area (Å²) in [5.41, 5.74) is 0. The monoisotopic (exact) mass is 284 g/mol. The first-order valence-corrected chi connectivity index (χ1v) is 9.51. The Morgan fingerprint density at radius 2 is 1.50 bits per heavy atom. The Morgan fingerprint density at radius 1 is 0.889 bits per heavy atom. The van der Waals surface area contributed by atoms with Crippen molar-refractivity contribution in [1.29, 1.82) is 0 Å². The molecule has 0 aliphatic carbocycles. The second-order valence-corrected chi connectivity index (χ2v) is 6.94. The second-order valence-electron chi connectivity index (χ2n) is 4.99. The van der Waals surface area contributed by atoms with Gasteiger partial charge in [-0.2, -0.15) is 11.3 Å². The molecule has 1 aromatic rings. The van der Waals surface area contributed by atoms with E-state index in [9.17, 15) is 0 Å². The van der Waals surface area contributed by atoms with Gasteiger partial charge >= 0.3 is 0 Å². The smallest absolute Gasteiger partial charge is 0.0179 e. The number of thiophene rings is 1. The van der Waals surface area contributed by atoms with E-state index in [0.29, 0.717) is 0 Å². The maximum absolute atomic E-state index is 2.29. The van der Waals surface area contributed by atoms with Crippen LogP contribution in [0.1, 0.15) is 71.1 Å². The number of unbranched alkanes of at least 4 members (excludes halogenated alkanes) is 9. The van der Waals surface area contributed by atoms with E-state index in [1.54, 1.807) is 11.3 Å². The van der Waals surface area contributed by atoms with Crippen molar-refractivity contribution < 1.29 is 0 Å². The van der Waals surface area contributed by atoms with Gasteiger partial charge in [0, 0.05) is 10.3 Å². The first kappa shape index (κ1) is 16.1. The fourth-order valence-electron chi connectivity index (χ4n) is 2.11. The standard InChI is InChI=1S/C16H28S2/c1-2-3-4-5-6-7-8-9-10-11-13-18-16-12-14-17-15-16/h12,14-15H,2-11,13H2,1H3. The summed E-state index contributed by atoms with van der Waals surface area (Å²) in [5.74, 6) is 1.30. The molecule has 0 spiro atoms. The van der Waals surface area contributed by atoms with Crippen LogP contribution in [0.15, 0.2) is 21.7 Å². The Morgan fingerprint density at radius 3 is 2.06 bits per heavy atom. The summed E-state index contributed by atoms with van der Waals surface area (Å²) in [6.45, 7) is 2.29. The Kier molecular flexibility index (Phi) is 10.8. The van der Waals surface area contributed by atoms with E-state index in [0.717, 1.165) is 0 Å². The first-order chi connectivity index (χ1) is 8.93. The van der Waals surface area contributed by atoms with Crippen molar-refractivity contribution in [3.63, 3.8) is 0 Å². The first-order valence-electron chi connectivity index (χ1n) is 7.58. The second kappa shape index (κ2) is 12.1. The third-order valence-corrected chi connectivity index (χ3v) is 5.17. The van der Waals surface area contributed by atoms with Crippen LogP contribution in [0.25, 0.3) is 0 Å². The van der Waals surface area contributed by atoms with Gasteiger partial charge in [-0.25, -0.2) is 0 Å². The van der Waals surface area contributed by atoms with Crippen LogP contribution in [0.5, 0.6) is 0 Å². The van der Waals surface area contributed by atoms with Gasteiger partial charge < -0.3 is 0 Å². The van der Waals surface area contributed by atoms with Gasteiger partial charge in [-0.1, -0.05) is 64.7 Å². The third kappa shape index (κ3) is 9.04. The number of rotatable bonds is 12. The average Bonchev–Trinajstić information content (AvgIpc) is 2.89. The van der Waals surface area contributed by atoms with Crippen molar-refractivity contribution in [2.75, 3.05) is 5.75 Å². The average molecular weight is 285 g/mol. The van der Waals surface area contributed by atoms with Crippen molar-refractivity contribution in [2.45, 2.75) is 76.0 Å². The highest BCUT2D eigenvalue weighted by molar-refractivity contribution is 7.99. The van der Waals surface area contributed by atoms with Crippen molar-refractivity contribution in [3.05, 3.63) is 16.8 Å². The molecule has 0 N–H and O–H groups in total. The fraction of sp³-hybridized carbons (Fsp3) is 0.750. The summed E-state index contributed by atoms with van der Waals surface area (Å²) < 4.78 is 0. The molecule has 1 rings (SSSR count). The molecule has 0 saturated carbocycles. The molecule has 0 amide bonds. The van der Waals surface area contributed by atoms with Gasteiger partial charge in [-0.05, 0) is 23.6 Å². The Bertz CT molecular complexity index is 254. The predicted molar refractivity (Wildman–Crippen MR) is 86.9 cm³/mol. The van der Waals surface area contributed by atoms with Crippen LogP contribution in [0.2, 0.25) is 0 Å². The summed E-state index contributed by atoms with van der Waals surface area (Å²) >= 11 is 3.82. The fourth-order valence-corrected chi connectivity index (χ4v) is 3.90. The van der Waals surface area contributed by atoms with Crippen molar-refractivity contribution in [1.82, 2.24) is 0 Å². The maximum Gasteiger partial charge on any atom is 0.0179 e. The summed E-state index contributed by atoms with van der Waals surface area (Å²) in [6.07, 6.45) is 14.3. The maximum atomic E-state index is 2.29. The van der Waals surface area contributed by atoms with Gasteiger partial charge in [0.1, 0.15) is 0 Å². The lowest BCUT2D eigenvalue weighted by Gasteiger charge is -2.02. The van der Waals surface area contributed by atoms with E-state index >= 15 is 0 Å². The van der Waals surface area contributed by atoms with E-state index in [-0.39, 0.29) is 0 Å². The molecule has 0 nitrogen and oxygen atoms in total. The van der Waals surface area contributed by atoms with E-state index < -0.39 is 0 Å². The van der Waals surface area contributed by atoms with E-state index in [1.165, 1.54) is 74.9 Å². The van der Waals surface area contributed by atoms with E-state index in [4.69, 9.17) is 0 Å². The summed E-state index contributed by atoms with van der Waals surface area (Å²) in [4.78, 5) is 1.45. The molecule has 1 heterocycles.